The number of amides is 7. The van der Waals surface area contributed by atoms with Crippen LogP contribution in [0.15, 0.2) is 60.7 Å². The predicted molar refractivity (Wildman–Crippen MR) is 195 cm³/mol. The Hall–Kier alpha value is -5.55. The van der Waals surface area contributed by atoms with Gasteiger partial charge in [0, 0.05) is 25.9 Å². The summed E-state index contributed by atoms with van der Waals surface area (Å²) in [4.78, 5) is 92.6. The Bertz CT molecular complexity index is 1590. The summed E-state index contributed by atoms with van der Waals surface area (Å²) in [6.07, 6.45) is -1.02. The van der Waals surface area contributed by atoms with Crippen LogP contribution in [-0.2, 0) is 41.6 Å². The average molecular weight is 754 g/mol. The SMILES string of the molecule is CC(C)C[C@H](NC(=O)NC[C@@H](O)CO)C(=O)N1CCC[C@H]1C(=O)N[C@@H](Cc1ccccc1)C(=O)N[C@@H](Cc1ccccc1)C(=O)N[C@@H](CC(=O)O)C(N)=O. The molecule has 1 saturated heterocycles. The van der Waals surface area contributed by atoms with E-state index in [1.165, 1.54) is 4.90 Å². The summed E-state index contributed by atoms with van der Waals surface area (Å²) in [5.74, 6) is -5.24. The number of benzene rings is 2. The van der Waals surface area contributed by atoms with Crippen LogP contribution in [0.4, 0.5) is 4.79 Å². The monoisotopic (exact) mass is 753 g/mol. The first-order valence-electron chi connectivity index (χ1n) is 17.8. The number of likely N-dealkylation sites (tertiary alicyclic amines) is 1. The number of hydrogen-bond donors (Lipinski definition) is 9. The van der Waals surface area contributed by atoms with Crippen molar-refractivity contribution in [3.05, 3.63) is 71.8 Å². The van der Waals surface area contributed by atoms with Gasteiger partial charge in [0.25, 0.3) is 0 Å². The molecule has 1 fully saturated rings. The van der Waals surface area contributed by atoms with Gasteiger partial charge in [0.2, 0.25) is 29.5 Å². The highest BCUT2D eigenvalue weighted by Gasteiger charge is 2.39. The molecule has 0 aromatic heterocycles. The van der Waals surface area contributed by atoms with Gasteiger partial charge in [-0.05, 0) is 36.3 Å². The molecular formula is C37H51N7O10. The van der Waals surface area contributed by atoms with Crippen LogP contribution < -0.4 is 32.3 Å². The third-order valence-electron chi connectivity index (χ3n) is 8.73. The summed E-state index contributed by atoms with van der Waals surface area (Å²) in [5, 5.41) is 40.6. The van der Waals surface area contributed by atoms with E-state index in [0.29, 0.717) is 17.5 Å². The zero-order valence-corrected chi connectivity index (χ0v) is 30.4. The van der Waals surface area contributed by atoms with Crippen molar-refractivity contribution >= 4 is 41.5 Å². The number of carbonyl (C=O) groups is 7. The molecule has 0 radical (unpaired) electrons. The van der Waals surface area contributed by atoms with Crippen LogP contribution in [0.5, 0.6) is 0 Å². The highest BCUT2D eigenvalue weighted by Crippen LogP contribution is 2.21. The normalized spacial score (nSPS) is 16.6. The standard InChI is InChI=1S/C37H51N7O10/c1-22(2)16-29(43-37(54)39-20-25(46)21-45)36(53)44-15-9-14-30(44)35(52)42-28(18-24-12-7-4-8-13-24)34(51)41-27(17-23-10-5-3-6-11-23)33(50)40-26(32(38)49)19-31(47)48/h3-8,10-13,22,25-30,45-46H,9,14-21H2,1-2H3,(H2,38,49)(H,40,50)(H,41,51)(H,42,52)(H,47,48)(H2,39,43,54)/t25-,26+,27+,28+,29+,30+/m1/s1. The molecule has 10 N–H and O–H groups in total. The molecular weight excluding hydrogens is 702 g/mol. The van der Waals surface area contributed by atoms with Crippen LogP contribution in [0.3, 0.4) is 0 Å². The Morgan fingerprint density at radius 2 is 1.33 bits per heavy atom. The predicted octanol–water partition coefficient (Wildman–Crippen LogP) is -1.06. The Labute approximate surface area is 313 Å². The molecule has 1 heterocycles. The van der Waals surface area contributed by atoms with Crippen LogP contribution in [-0.4, -0.2) is 118 Å². The number of aliphatic hydroxyl groups is 2. The van der Waals surface area contributed by atoms with Gasteiger partial charge in [-0.2, -0.15) is 0 Å². The number of aliphatic hydroxyl groups excluding tert-OH is 2. The fraction of sp³-hybridized carbons (Fsp3) is 0.486. The van der Waals surface area contributed by atoms with Crippen LogP contribution in [0.25, 0.3) is 0 Å². The average Bonchev–Trinajstić information content (AvgIpc) is 3.63. The fourth-order valence-electron chi connectivity index (χ4n) is 6.01. The minimum atomic E-state index is -1.55. The van der Waals surface area contributed by atoms with Crippen LogP contribution in [0.2, 0.25) is 0 Å². The minimum absolute atomic E-state index is 0.000919. The number of urea groups is 1. The number of hydrogen-bond acceptors (Lipinski definition) is 9. The number of rotatable bonds is 20. The first-order chi connectivity index (χ1) is 25.7. The number of primary amides is 1. The van der Waals surface area contributed by atoms with E-state index in [4.69, 9.17) is 10.8 Å². The molecule has 17 nitrogen and oxygen atoms in total. The van der Waals surface area contributed by atoms with E-state index in [9.17, 15) is 43.8 Å². The van der Waals surface area contributed by atoms with Crippen molar-refractivity contribution < 1.29 is 48.9 Å². The van der Waals surface area contributed by atoms with E-state index in [-0.39, 0.29) is 44.7 Å². The molecule has 294 valence electrons. The molecule has 1 aliphatic heterocycles. The van der Waals surface area contributed by atoms with Gasteiger partial charge in [0.05, 0.1) is 19.1 Å². The number of carboxylic acids is 1. The van der Waals surface area contributed by atoms with Crippen molar-refractivity contribution in [2.75, 3.05) is 19.7 Å². The highest BCUT2D eigenvalue weighted by atomic mass is 16.4. The van der Waals surface area contributed by atoms with Crippen molar-refractivity contribution in [1.82, 2.24) is 31.5 Å². The second-order valence-electron chi connectivity index (χ2n) is 13.6. The van der Waals surface area contributed by atoms with E-state index >= 15 is 0 Å². The molecule has 0 bridgehead atoms. The van der Waals surface area contributed by atoms with Crippen molar-refractivity contribution in [2.24, 2.45) is 11.7 Å². The molecule has 2 aromatic rings. The Morgan fingerprint density at radius 3 is 1.83 bits per heavy atom. The molecule has 6 atom stereocenters. The molecule has 0 saturated carbocycles. The first kappa shape index (κ1) is 42.9. The number of nitrogens with one attached hydrogen (secondary N) is 5. The number of nitrogens with two attached hydrogens (primary N) is 1. The third-order valence-corrected chi connectivity index (χ3v) is 8.73. The zero-order valence-electron chi connectivity index (χ0n) is 30.4. The topological polar surface area (TPSA) is 270 Å². The summed E-state index contributed by atoms with van der Waals surface area (Å²) < 4.78 is 0. The smallest absolute Gasteiger partial charge is 0.315 e. The van der Waals surface area contributed by atoms with Gasteiger partial charge >= 0.3 is 12.0 Å². The summed E-state index contributed by atoms with van der Waals surface area (Å²) in [6, 6.07) is 10.6. The van der Waals surface area contributed by atoms with Gasteiger partial charge in [-0.15, -0.1) is 0 Å². The molecule has 2 aromatic carbocycles. The highest BCUT2D eigenvalue weighted by molar-refractivity contribution is 5.97. The van der Waals surface area contributed by atoms with Gasteiger partial charge in [-0.1, -0.05) is 74.5 Å². The lowest BCUT2D eigenvalue weighted by atomic mass is 10.0. The van der Waals surface area contributed by atoms with E-state index < -0.39 is 90.9 Å². The maximum atomic E-state index is 14.0. The maximum Gasteiger partial charge on any atom is 0.315 e. The van der Waals surface area contributed by atoms with Crippen molar-refractivity contribution in [3.63, 3.8) is 0 Å². The lowest BCUT2D eigenvalue weighted by Crippen LogP contribution is -2.60. The molecule has 7 amide bonds. The fourth-order valence-corrected chi connectivity index (χ4v) is 6.01. The van der Waals surface area contributed by atoms with E-state index in [0.717, 1.165) is 0 Å². The van der Waals surface area contributed by atoms with Gasteiger partial charge in [-0.25, -0.2) is 4.79 Å². The molecule has 54 heavy (non-hydrogen) atoms. The Morgan fingerprint density at radius 1 is 0.796 bits per heavy atom. The second kappa shape index (κ2) is 21.2. The summed E-state index contributed by atoms with van der Waals surface area (Å²) >= 11 is 0. The lowest BCUT2D eigenvalue weighted by molar-refractivity contribution is -0.141. The largest absolute Gasteiger partial charge is 0.481 e. The number of nitrogens with zero attached hydrogens (tertiary/aromatic N) is 1. The van der Waals surface area contributed by atoms with E-state index in [1.807, 2.05) is 13.8 Å². The van der Waals surface area contributed by atoms with Crippen LogP contribution in [0, 0.1) is 5.92 Å². The molecule has 0 unspecified atom stereocenters. The molecule has 1 aliphatic rings. The van der Waals surface area contributed by atoms with Crippen molar-refractivity contribution in [1.29, 1.82) is 0 Å². The van der Waals surface area contributed by atoms with Gasteiger partial charge in [-0.3, -0.25) is 28.8 Å². The Balaban J connectivity index is 1.85. The van der Waals surface area contributed by atoms with Gasteiger partial charge < -0.3 is 52.5 Å². The number of aliphatic carboxylic acids is 1. The Kier molecular flexibility index (Phi) is 16.8. The molecule has 0 spiro atoms. The molecule has 0 aliphatic carbocycles. The van der Waals surface area contributed by atoms with Crippen molar-refractivity contribution in [2.45, 2.75) is 88.7 Å². The van der Waals surface area contributed by atoms with Gasteiger partial charge in [0.1, 0.15) is 30.2 Å². The van der Waals surface area contributed by atoms with E-state index in [1.54, 1.807) is 60.7 Å². The zero-order chi connectivity index (χ0) is 39.8. The minimum Gasteiger partial charge on any atom is -0.481 e. The van der Waals surface area contributed by atoms with E-state index in [2.05, 4.69) is 26.6 Å². The van der Waals surface area contributed by atoms with Crippen LogP contribution in [0.1, 0.15) is 50.7 Å². The number of carboxylic acid groups (broad SMARTS) is 1. The summed E-state index contributed by atoms with van der Waals surface area (Å²) in [5.41, 5.74) is 6.66. The first-order valence-corrected chi connectivity index (χ1v) is 17.8. The van der Waals surface area contributed by atoms with Crippen LogP contribution >= 0.6 is 0 Å². The lowest BCUT2D eigenvalue weighted by Gasteiger charge is -2.31. The quantitative estimate of drug-likeness (QED) is 0.0791. The summed E-state index contributed by atoms with van der Waals surface area (Å²) in [7, 11) is 0. The second-order valence-corrected chi connectivity index (χ2v) is 13.6. The molecule has 17 heteroatoms. The summed E-state index contributed by atoms with van der Waals surface area (Å²) in [6.45, 7) is 3.13. The van der Waals surface area contributed by atoms with Gasteiger partial charge in [0.15, 0.2) is 0 Å². The molecule has 3 rings (SSSR count). The third kappa shape index (κ3) is 13.8. The maximum absolute atomic E-state index is 14.0. The number of carbonyl (C=O) groups excluding carboxylic acids is 6. The van der Waals surface area contributed by atoms with Crippen molar-refractivity contribution in [3.8, 4) is 0 Å².